The van der Waals surface area contributed by atoms with E-state index in [9.17, 15) is 4.79 Å². The molecule has 1 N–H and O–H groups in total. The lowest BCUT2D eigenvalue weighted by Crippen LogP contribution is -2.40. The fourth-order valence-electron chi connectivity index (χ4n) is 4.38. The minimum absolute atomic E-state index is 0.0383. The van der Waals surface area contributed by atoms with Crippen molar-refractivity contribution in [1.82, 2.24) is 4.98 Å². The molecule has 126 valence electrons. The van der Waals surface area contributed by atoms with E-state index in [1.807, 2.05) is 30.5 Å². The Morgan fingerprint density at radius 3 is 2.76 bits per heavy atom. The first-order valence-electron chi connectivity index (χ1n) is 8.79. The van der Waals surface area contributed by atoms with Crippen LogP contribution in [0.1, 0.15) is 37.1 Å². The third-order valence-corrected chi connectivity index (χ3v) is 5.31. The molecule has 2 bridgehead atoms. The molecule has 3 heteroatoms. The molecule has 1 aromatic carbocycles. The van der Waals surface area contributed by atoms with Gasteiger partial charge >= 0.3 is 0 Å². The van der Waals surface area contributed by atoms with Gasteiger partial charge in [-0.3, -0.25) is 9.79 Å². The van der Waals surface area contributed by atoms with Crippen LogP contribution in [-0.4, -0.2) is 11.2 Å². The molecule has 0 spiro atoms. The number of benzene rings is 1. The monoisotopic (exact) mass is 330 g/mol. The van der Waals surface area contributed by atoms with Crippen LogP contribution in [0.4, 0.5) is 0 Å². The summed E-state index contributed by atoms with van der Waals surface area (Å²) in [5, 5.41) is 0. The van der Waals surface area contributed by atoms with Crippen LogP contribution in [0.3, 0.4) is 0 Å². The van der Waals surface area contributed by atoms with E-state index >= 15 is 0 Å². The molecule has 25 heavy (non-hydrogen) atoms. The number of aromatic nitrogens is 1. The lowest BCUT2D eigenvalue weighted by atomic mass is 9.63. The number of H-pyrrole nitrogens is 1. The Morgan fingerprint density at radius 2 is 2.00 bits per heavy atom. The maximum absolute atomic E-state index is 11.8. The number of aliphatic imine (C=N–C) groups is 1. The minimum Gasteiger partial charge on any atom is -0.326 e. The van der Waals surface area contributed by atoms with E-state index < -0.39 is 5.54 Å². The standard InChI is InChI=1S/C22H22N2O/c1-3-18-17-11-15(2)13-22(18,23-14-16-7-5-4-6-8-16)19-9-10-21(25)24-20(19)12-17/h3-11,14,17H,12-13H2,1-2H3,(H,24,25)/b18-3+,23-14?/t17?,22-/m0/s1. The predicted molar refractivity (Wildman–Crippen MR) is 102 cm³/mol. The zero-order chi connectivity index (χ0) is 17.4. The van der Waals surface area contributed by atoms with E-state index in [1.54, 1.807) is 6.07 Å². The second-order valence-corrected chi connectivity index (χ2v) is 6.99. The highest BCUT2D eigenvalue weighted by atomic mass is 16.1. The van der Waals surface area contributed by atoms with Crippen LogP contribution in [0.15, 0.2) is 75.5 Å². The van der Waals surface area contributed by atoms with Crippen molar-refractivity contribution in [2.75, 3.05) is 0 Å². The molecule has 2 aliphatic carbocycles. The van der Waals surface area contributed by atoms with Gasteiger partial charge in [0.2, 0.25) is 5.56 Å². The summed E-state index contributed by atoms with van der Waals surface area (Å²) in [6.45, 7) is 4.28. The molecule has 0 saturated carbocycles. The number of allylic oxidation sites excluding steroid dienone is 2. The molecule has 4 rings (SSSR count). The van der Waals surface area contributed by atoms with Crippen LogP contribution in [0.2, 0.25) is 0 Å². The van der Waals surface area contributed by atoms with Gasteiger partial charge in [-0.05, 0) is 37.5 Å². The molecule has 0 radical (unpaired) electrons. The molecule has 1 heterocycles. The van der Waals surface area contributed by atoms with Crippen molar-refractivity contribution in [3.63, 3.8) is 0 Å². The summed E-state index contributed by atoms with van der Waals surface area (Å²) in [6.07, 6.45) is 8.21. The van der Waals surface area contributed by atoms with Gasteiger partial charge in [0.15, 0.2) is 0 Å². The van der Waals surface area contributed by atoms with E-state index in [1.165, 1.54) is 11.1 Å². The van der Waals surface area contributed by atoms with Crippen molar-refractivity contribution in [1.29, 1.82) is 0 Å². The van der Waals surface area contributed by atoms with Gasteiger partial charge in [-0.1, -0.05) is 48.1 Å². The molecule has 2 atom stereocenters. The first-order chi connectivity index (χ1) is 12.1. The zero-order valence-electron chi connectivity index (χ0n) is 14.6. The van der Waals surface area contributed by atoms with Gasteiger partial charge in [-0.25, -0.2) is 0 Å². The number of hydrogen-bond donors (Lipinski definition) is 1. The number of rotatable bonds is 2. The van der Waals surface area contributed by atoms with Crippen LogP contribution < -0.4 is 5.56 Å². The van der Waals surface area contributed by atoms with Crippen LogP contribution in [-0.2, 0) is 12.0 Å². The van der Waals surface area contributed by atoms with Crippen LogP contribution in [0, 0.1) is 5.92 Å². The van der Waals surface area contributed by atoms with Gasteiger partial charge in [-0.15, -0.1) is 0 Å². The highest BCUT2D eigenvalue weighted by molar-refractivity contribution is 5.80. The summed E-state index contributed by atoms with van der Waals surface area (Å²) >= 11 is 0. The molecular formula is C22H22N2O. The Kier molecular flexibility index (Phi) is 3.79. The summed E-state index contributed by atoms with van der Waals surface area (Å²) in [6, 6.07) is 13.8. The van der Waals surface area contributed by atoms with E-state index in [0.717, 1.165) is 29.7 Å². The fourth-order valence-corrected chi connectivity index (χ4v) is 4.38. The largest absolute Gasteiger partial charge is 0.326 e. The SMILES string of the molecule is C/C=C1\C2C=C(C)C[C@@]1(N=Cc1ccccc1)c1ccc(=O)[nH]c1C2. The Bertz CT molecular complexity index is 949. The van der Waals surface area contributed by atoms with Crippen molar-refractivity contribution in [2.45, 2.75) is 32.2 Å². The lowest BCUT2D eigenvalue weighted by Gasteiger charge is -2.45. The van der Waals surface area contributed by atoms with E-state index in [-0.39, 0.29) is 5.56 Å². The zero-order valence-corrected chi connectivity index (χ0v) is 14.6. The van der Waals surface area contributed by atoms with E-state index in [2.05, 4.69) is 43.1 Å². The van der Waals surface area contributed by atoms with Gasteiger partial charge in [0.05, 0.1) is 0 Å². The predicted octanol–water partition coefficient (Wildman–Crippen LogP) is 4.16. The van der Waals surface area contributed by atoms with Crippen molar-refractivity contribution < 1.29 is 0 Å². The van der Waals surface area contributed by atoms with E-state index in [4.69, 9.17) is 4.99 Å². The van der Waals surface area contributed by atoms with Crippen LogP contribution in [0.25, 0.3) is 0 Å². The maximum Gasteiger partial charge on any atom is 0.248 e. The molecule has 2 aromatic rings. The van der Waals surface area contributed by atoms with Gasteiger partial charge in [-0.2, -0.15) is 0 Å². The topological polar surface area (TPSA) is 45.2 Å². The summed E-state index contributed by atoms with van der Waals surface area (Å²) in [5.74, 6) is 0.303. The van der Waals surface area contributed by atoms with Crippen molar-refractivity contribution in [2.24, 2.45) is 10.9 Å². The van der Waals surface area contributed by atoms with Gasteiger partial charge in [0.25, 0.3) is 0 Å². The highest BCUT2D eigenvalue weighted by Crippen LogP contribution is 2.51. The molecule has 3 nitrogen and oxygen atoms in total. The summed E-state index contributed by atoms with van der Waals surface area (Å²) in [7, 11) is 0. The molecule has 0 aliphatic heterocycles. The third-order valence-electron chi connectivity index (χ3n) is 5.31. The highest BCUT2D eigenvalue weighted by Gasteiger charge is 2.46. The Labute approximate surface area is 147 Å². The number of aromatic amines is 1. The second-order valence-electron chi connectivity index (χ2n) is 6.99. The summed E-state index contributed by atoms with van der Waals surface area (Å²) in [5.41, 5.74) is 5.50. The molecule has 1 aromatic heterocycles. The molecule has 0 saturated heterocycles. The number of hydrogen-bond acceptors (Lipinski definition) is 2. The minimum atomic E-state index is -0.411. The molecule has 1 unspecified atom stereocenters. The maximum atomic E-state index is 11.8. The Morgan fingerprint density at radius 1 is 1.20 bits per heavy atom. The fraction of sp³-hybridized carbons (Fsp3) is 0.273. The lowest BCUT2D eigenvalue weighted by molar-refractivity contribution is 0.413. The first kappa shape index (κ1) is 15.8. The van der Waals surface area contributed by atoms with E-state index in [0.29, 0.717) is 5.92 Å². The van der Waals surface area contributed by atoms with Crippen molar-refractivity contribution in [3.05, 3.63) is 92.9 Å². The van der Waals surface area contributed by atoms with Crippen LogP contribution in [0.5, 0.6) is 0 Å². The van der Waals surface area contributed by atoms with Gasteiger partial charge < -0.3 is 4.98 Å². The number of nitrogens with zero attached hydrogens (tertiary/aromatic N) is 1. The third kappa shape index (κ3) is 2.60. The normalized spacial score (nSPS) is 26.6. The quantitative estimate of drug-likeness (QED) is 0.652. The molecular weight excluding hydrogens is 308 g/mol. The summed E-state index contributed by atoms with van der Waals surface area (Å²) in [4.78, 5) is 20.0. The molecule has 0 fully saturated rings. The van der Waals surface area contributed by atoms with Crippen LogP contribution >= 0.6 is 0 Å². The summed E-state index contributed by atoms with van der Waals surface area (Å²) < 4.78 is 0. The smallest absolute Gasteiger partial charge is 0.248 e. The average molecular weight is 330 g/mol. The average Bonchev–Trinajstić information content (AvgIpc) is 2.60. The van der Waals surface area contributed by atoms with Gasteiger partial charge in [0.1, 0.15) is 5.54 Å². The van der Waals surface area contributed by atoms with Gasteiger partial charge in [0, 0.05) is 35.9 Å². The van der Waals surface area contributed by atoms with Crippen molar-refractivity contribution in [3.8, 4) is 0 Å². The Balaban J connectivity index is 1.93. The van der Waals surface area contributed by atoms with Crippen molar-refractivity contribution >= 4 is 6.21 Å². The number of nitrogens with one attached hydrogen (secondary N) is 1. The molecule has 2 aliphatic rings. The number of pyridine rings is 1. The number of fused-ring (bicyclic) bond motifs is 4. The second kappa shape index (κ2) is 5.99. The Hall–Kier alpha value is -2.68. The first-order valence-corrected chi connectivity index (χ1v) is 8.79. The molecule has 0 amide bonds.